The molecule has 0 unspecified atom stereocenters. The number of nitrogens with zero attached hydrogens (tertiary/aromatic N) is 3. The summed E-state index contributed by atoms with van der Waals surface area (Å²) in [6.45, 7) is 2.49. The van der Waals surface area contributed by atoms with E-state index >= 15 is 0 Å². The van der Waals surface area contributed by atoms with Gasteiger partial charge in [0.25, 0.3) is 5.91 Å². The summed E-state index contributed by atoms with van der Waals surface area (Å²) in [6, 6.07) is 8.13. The molecule has 1 fully saturated rings. The van der Waals surface area contributed by atoms with E-state index in [2.05, 4.69) is 16.4 Å². The number of amides is 1. The summed E-state index contributed by atoms with van der Waals surface area (Å²) in [5.74, 6) is -0.932. The van der Waals surface area contributed by atoms with Crippen LogP contribution < -0.4 is 5.32 Å². The minimum atomic E-state index is -1.89. The van der Waals surface area contributed by atoms with Crippen molar-refractivity contribution in [3.05, 3.63) is 42.1 Å². The average Bonchev–Trinajstić information content (AvgIpc) is 3.06. The fraction of sp³-hybridized carbons (Fsp3) is 0.450. The predicted octanol–water partition coefficient (Wildman–Crippen LogP) is 3.91. The minimum absolute atomic E-state index is 0.0607. The Kier molecular flexibility index (Phi) is 5.26. The highest BCUT2D eigenvalue weighted by atomic mass is 19.1. The first kappa shape index (κ1) is 19.0. The maximum atomic E-state index is 13.7. The van der Waals surface area contributed by atoms with Crippen molar-refractivity contribution in [1.29, 1.82) is 5.26 Å². The summed E-state index contributed by atoms with van der Waals surface area (Å²) in [4.78, 5) is 16.2. The number of carbonyl (C=O) groups excluding carboxylic acids is 1. The maximum Gasteiger partial charge on any atom is 0.257 e. The van der Waals surface area contributed by atoms with Gasteiger partial charge >= 0.3 is 0 Å². The lowest BCUT2D eigenvalue weighted by Gasteiger charge is -2.31. The first-order valence-electron chi connectivity index (χ1n) is 9.02. The molecule has 0 saturated heterocycles. The summed E-state index contributed by atoms with van der Waals surface area (Å²) in [5, 5.41) is 12.4. The van der Waals surface area contributed by atoms with E-state index in [-0.39, 0.29) is 17.9 Å². The van der Waals surface area contributed by atoms with Crippen LogP contribution in [0.3, 0.4) is 0 Å². The maximum absolute atomic E-state index is 13.7. The van der Waals surface area contributed by atoms with Crippen LogP contribution in [0.1, 0.15) is 51.3 Å². The molecule has 0 atom stereocenters. The number of carbonyl (C=O) groups is 1. The third-order valence-corrected chi connectivity index (χ3v) is 4.98. The molecule has 0 bridgehead atoms. The van der Waals surface area contributed by atoms with Gasteiger partial charge in [-0.2, -0.15) is 5.26 Å². The van der Waals surface area contributed by atoms with E-state index in [4.69, 9.17) is 0 Å². The summed E-state index contributed by atoms with van der Waals surface area (Å²) < 4.78 is 28.7. The SMILES string of the molecule is CC(C)(F)C(=O)NC1CCC(n2cnc(-c3ccc(F)cc3)c2C#N)CC1. The Morgan fingerprint density at radius 1 is 1.26 bits per heavy atom. The van der Waals surface area contributed by atoms with Crippen LogP contribution in [0.25, 0.3) is 11.3 Å². The van der Waals surface area contributed by atoms with Gasteiger partial charge < -0.3 is 9.88 Å². The van der Waals surface area contributed by atoms with Gasteiger partial charge in [0.1, 0.15) is 23.3 Å². The van der Waals surface area contributed by atoms with Crippen LogP contribution in [0, 0.1) is 17.1 Å². The molecule has 1 amide bonds. The third kappa shape index (κ3) is 4.16. The van der Waals surface area contributed by atoms with Gasteiger partial charge in [-0.05, 0) is 63.8 Å². The second kappa shape index (κ2) is 7.47. The van der Waals surface area contributed by atoms with Crippen LogP contribution in [-0.2, 0) is 4.79 Å². The Balaban J connectivity index is 1.71. The first-order chi connectivity index (χ1) is 12.8. The van der Waals surface area contributed by atoms with Crippen molar-refractivity contribution < 1.29 is 13.6 Å². The zero-order valence-corrected chi connectivity index (χ0v) is 15.4. The van der Waals surface area contributed by atoms with E-state index in [0.29, 0.717) is 29.8 Å². The minimum Gasteiger partial charge on any atom is -0.351 e. The van der Waals surface area contributed by atoms with Crippen LogP contribution in [0.5, 0.6) is 0 Å². The molecule has 0 radical (unpaired) electrons. The zero-order chi connectivity index (χ0) is 19.6. The highest BCUT2D eigenvalue weighted by Crippen LogP contribution is 2.32. The molecule has 1 aromatic heterocycles. The van der Waals surface area contributed by atoms with Crippen LogP contribution in [-0.4, -0.2) is 27.2 Å². The standard InChI is InChI=1S/C20H22F2N4O/c1-20(2,22)19(27)25-15-7-9-16(10-8-15)26-12-24-18(17(26)11-23)13-3-5-14(21)6-4-13/h3-6,12,15-16H,7-10H2,1-2H3,(H,25,27). The summed E-state index contributed by atoms with van der Waals surface area (Å²) >= 11 is 0. The largest absolute Gasteiger partial charge is 0.351 e. The predicted molar refractivity (Wildman–Crippen MR) is 97.0 cm³/mol. The third-order valence-electron chi connectivity index (χ3n) is 4.98. The summed E-state index contributed by atoms with van der Waals surface area (Å²) in [5.41, 5.74) is -0.219. The molecule has 1 aromatic carbocycles. The van der Waals surface area contributed by atoms with E-state index in [1.165, 1.54) is 26.0 Å². The Morgan fingerprint density at radius 3 is 2.44 bits per heavy atom. The summed E-state index contributed by atoms with van der Waals surface area (Å²) in [6.07, 6.45) is 4.57. The van der Waals surface area contributed by atoms with Gasteiger partial charge in [0.2, 0.25) is 0 Å². The molecule has 1 aliphatic carbocycles. The number of nitriles is 1. The average molecular weight is 372 g/mol. The number of nitrogens with one attached hydrogen (secondary N) is 1. The van der Waals surface area contributed by atoms with Crippen molar-refractivity contribution in [1.82, 2.24) is 14.9 Å². The number of hydrogen-bond acceptors (Lipinski definition) is 3. The molecule has 27 heavy (non-hydrogen) atoms. The number of rotatable bonds is 4. The first-order valence-corrected chi connectivity index (χ1v) is 9.02. The second-order valence-corrected chi connectivity index (χ2v) is 7.42. The number of benzene rings is 1. The fourth-order valence-electron chi connectivity index (χ4n) is 3.42. The van der Waals surface area contributed by atoms with E-state index in [9.17, 15) is 18.8 Å². The molecular formula is C20H22F2N4O. The molecule has 142 valence electrons. The normalized spacial score (nSPS) is 20.1. The molecule has 1 heterocycles. The van der Waals surface area contributed by atoms with Crippen LogP contribution in [0.15, 0.2) is 30.6 Å². The second-order valence-electron chi connectivity index (χ2n) is 7.42. The molecule has 7 heteroatoms. The van der Waals surface area contributed by atoms with Crippen molar-refractivity contribution in [2.24, 2.45) is 0 Å². The van der Waals surface area contributed by atoms with Gasteiger partial charge in [0, 0.05) is 17.6 Å². The van der Waals surface area contributed by atoms with Crippen LogP contribution in [0.2, 0.25) is 0 Å². The van der Waals surface area contributed by atoms with E-state index in [1.807, 2.05) is 4.57 Å². The molecule has 3 rings (SSSR count). The number of aromatic nitrogens is 2. The summed E-state index contributed by atoms with van der Waals surface area (Å²) in [7, 11) is 0. The van der Waals surface area contributed by atoms with Crippen molar-refractivity contribution in [3.63, 3.8) is 0 Å². The number of hydrogen-bond donors (Lipinski definition) is 1. The Labute approximate surface area is 157 Å². The van der Waals surface area contributed by atoms with Crippen molar-refractivity contribution >= 4 is 5.91 Å². The highest BCUT2D eigenvalue weighted by Gasteiger charge is 2.31. The van der Waals surface area contributed by atoms with Crippen molar-refractivity contribution in [2.75, 3.05) is 0 Å². The number of imidazole rings is 1. The van der Waals surface area contributed by atoms with Gasteiger partial charge in [-0.15, -0.1) is 0 Å². The van der Waals surface area contributed by atoms with Crippen molar-refractivity contribution in [3.8, 4) is 17.3 Å². The van der Waals surface area contributed by atoms with Crippen LogP contribution >= 0.6 is 0 Å². The number of alkyl halides is 1. The van der Waals surface area contributed by atoms with E-state index in [0.717, 1.165) is 12.8 Å². The molecule has 5 nitrogen and oxygen atoms in total. The monoisotopic (exact) mass is 372 g/mol. The van der Waals surface area contributed by atoms with Gasteiger partial charge in [0.15, 0.2) is 5.67 Å². The fourth-order valence-corrected chi connectivity index (χ4v) is 3.42. The van der Waals surface area contributed by atoms with Gasteiger partial charge in [-0.25, -0.2) is 13.8 Å². The lowest BCUT2D eigenvalue weighted by atomic mass is 9.90. The van der Waals surface area contributed by atoms with E-state index < -0.39 is 11.6 Å². The molecule has 1 saturated carbocycles. The van der Waals surface area contributed by atoms with Gasteiger partial charge in [0.05, 0.1) is 6.33 Å². The molecule has 0 spiro atoms. The Hall–Kier alpha value is -2.75. The Morgan fingerprint density at radius 2 is 1.89 bits per heavy atom. The molecule has 2 aromatic rings. The molecular weight excluding hydrogens is 350 g/mol. The molecule has 0 aliphatic heterocycles. The lowest BCUT2D eigenvalue weighted by molar-refractivity contribution is -0.131. The highest BCUT2D eigenvalue weighted by molar-refractivity contribution is 5.84. The quantitative estimate of drug-likeness (QED) is 0.885. The smallest absolute Gasteiger partial charge is 0.257 e. The lowest BCUT2D eigenvalue weighted by Crippen LogP contribution is -2.45. The zero-order valence-electron chi connectivity index (χ0n) is 15.4. The number of halogens is 2. The van der Waals surface area contributed by atoms with Gasteiger partial charge in [-0.3, -0.25) is 4.79 Å². The van der Waals surface area contributed by atoms with Crippen LogP contribution in [0.4, 0.5) is 8.78 Å². The van der Waals surface area contributed by atoms with E-state index in [1.54, 1.807) is 18.5 Å². The van der Waals surface area contributed by atoms with Crippen molar-refractivity contribution in [2.45, 2.75) is 57.3 Å². The topological polar surface area (TPSA) is 70.7 Å². The Bertz CT molecular complexity index is 854. The molecule has 1 aliphatic rings. The van der Waals surface area contributed by atoms with Gasteiger partial charge in [-0.1, -0.05) is 0 Å². The molecule has 1 N–H and O–H groups in total.